The summed E-state index contributed by atoms with van der Waals surface area (Å²) in [5.41, 5.74) is 4.16. The number of carboxylic acids is 1. The summed E-state index contributed by atoms with van der Waals surface area (Å²) in [6, 6.07) is 16.2. The molecule has 0 aliphatic rings. The zero-order chi connectivity index (χ0) is 24.4. The van der Waals surface area contributed by atoms with E-state index in [2.05, 4.69) is 71.6 Å². The van der Waals surface area contributed by atoms with Crippen LogP contribution in [0.25, 0.3) is 11.4 Å². The molecular weight excluding hydrogens is 436 g/mol. The molecule has 1 aromatic heterocycles. The largest absolute Gasteiger partial charge is 0.550 e. The summed E-state index contributed by atoms with van der Waals surface area (Å²) >= 11 is 1.26. The molecular formula is C24H32N6O2S. The van der Waals surface area contributed by atoms with Gasteiger partial charge in [-0.25, -0.2) is 0 Å². The molecule has 0 atom stereocenters. The van der Waals surface area contributed by atoms with Gasteiger partial charge in [0.25, 0.3) is 0 Å². The fraction of sp³-hybridized carbons (Fsp3) is 0.375. The molecule has 176 valence electrons. The fourth-order valence-electron chi connectivity index (χ4n) is 2.90. The van der Waals surface area contributed by atoms with Crippen LogP contribution in [-0.2, 0) is 4.79 Å². The molecule has 9 heteroatoms. The number of aliphatic carboxylic acids is 1. The van der Waals surface area contributed by atoms with Crippen LogP contribution in [0.15, 0.2) is 58.8 Å². The molecule has 0 spiro atoms. The van der Waals surface area contributed by atoms with Crippen LogP contribution in [-0.4, -0.2) is 60.6 Å². The molecule has 0 N–H and O–H groups in total. The minimum absolute atomic E-state index is 0.561. The minimum Gasteiger partial charge on any atom is -0.550 e. The van der Waals surface area contributed by atoms with Crippen molar-refractivity contribution < 1.29 is 14.4 Å². The number of hydrogen-bond donors (Lipinski definition) is 0. The van der Waals surface area contributed by atoms with E-state index in [1.165, 1.54) is 17.2 Å². The SMILES string of the molecule is CC(=O)[O-].CCN(CC[N+](C)(C)C)c1ccc(N=Nc2nc(-c3ccccc3)ns2)c(C)c1. The molecule has 1 heterocycles. The Hall–Kier alpha value is -3.17. The van der Waals surface area contributed by atoms with Gasteiger partial charge in [-0.05, 0) is 44.5 Å². The van der Waals surface area contributed by atoms with E-state index in [0.29, 0.717) is 11.0 Å². The fourth-order valence-corrected chi connectivity index (χ4v) is 3.42. The van der Waals surface area contributed by atoms with Gasteiger partial charge in [0, 0.05) is 35.3 Å². The number of quaternary nitrogens is 1. The van der Waals surface area contributed by atoms with Crippen molar-refractivity contribution in [2.24, 2.45) is 10.2 Å². The molecule has 0 saturated heterocycles. The van der Waals surface area contributed by atoms with E-state index in [9.17, 15) is 0 Å². The van der Waals surface area contributed by atoms with Crippen molar-refractivity contribution in [2.75, 3.05) is 45.7 Å². The molecule has 0 fully saturated rings. The number of likely N-dealkylation sites (N-methyl/N-ethyl adjacent to an activating group) is 2. The summed E-state index contributed by atoms with van der Waals surface area (Å²) in [4.78, 5) is 15.8. The van der Waals surface area contributed by atoms with Crippen LogP contribution in [0.4, 0.5) is 16.5 Å². The highest BCUT2D eigenvalue weighted by atomic mass is 32.1. The van der Waals surface area contributed by atoms with Crippen LogP contribution in [0.5, 0.6) is 0 Å². The Bertz CT molecular complexity index is 1060. The van der Waals surface area contributed by atoms with Gasteiger partial charge in [0.1, 0.15) is 0 Å². The van der Waals surface area contributed by atoms with E-state index in [1.54, 1.807) is 0 Å². The number of benzene rings is 2. The van der Waals surface area contributed by atoms with Crippen molar-refractivity contribution in [2.45, 2.75) is 20.8 Å². The first-order chi connectivity index (χ1) is 15.6. The number of anilines is 1. The average molecular weight is 469 g/mol. The first-order valence-electron chi connectivity index (χ1n) is 10.7. The summed E-state index contributed by atoms with van der Waals surface area (Å²) in [5.74, 6) is -0.396. The third kappa shape index (κ3) is 9.07. The highest BCUT2D eigenvalue weighted by Crippen LogP contribution is 2.28. The molecule has 8 nitrogen and oxygen atoms in total. The van der Waals surface area contributed by atoms with Crippen molar-refractivity contribution in [3.63, 3.8) is 0 Å². The quantitative estimate of drug-likeness (QED) is 0.364. The monoisotopic (exact) mass is 468 g/mol. The highest BCUT2D eigenvalue weighted by molar-refractivity contribution is 7.09. The lowest BCUT2D eigenvalue weighted by atomic mass is 10.1. The molecule has 0 bridgehead atoms. The van der Waals surface area contributed by atoms with Gasteiger partial charge < -0.3 is 19.3 Å². The van der Waals surface area contributed by atoms with Crippen molar-refractivity contribution in [3.8, 4) is 11.4 Å². The van der Waals surface area contributed by atoms with Gasteiger partial charge in [0.05, 0.1) is 39.9 Å². The van der Waals surface area contributed by atoms with E-state index in [0.717, 1.165) is 47.9 Å². The third-order valence-electron chi connectivity index (χ3n) is 4.66. The van der Waals surface area contributed by atoms with Crippen LogP contribution >= 0.6 is 11.5 Å². The van der Waals surface area contributed by atoms with Crippen LogP contribution < -0.4 is 10.0 Å². The number of carboxylic acid groups (broad SMARTS) is 1. The van der Waals surface area contributed by atoms with E-state index >= 15 is 0 Å². The Balaban J connectivity index is 0.000000890. The Morgan fingerprint density at radius 1 is 1.12 bits per heavy atom. The third-order valence-corrected chi connectivity index (χ3v) is 5.26. The Labute approximate surface area is 200 Å². The van der Waals surface area contributed by atoms with Gasteiger partial charge in [-0.3, -0.25) is 0 Å². The summed E-state index contributed by atoms with van der Waals surface area (Å²) in [7, 11) is 6.66. The van der Waals surface area contributed by atoms with Crippen LogP contribution in [0.1, 0.15) is 19.4 Å². The summed E-state index contributed by atoms with van der Waals surface area (Å²) in [6.45, 7) is 8.33. The van der Waals surface area contributed by atoms with Crippen LogP contribution in [0.2, 0.25) is 0 Å². The summed E-state index contributed by atoms with van der Waals surface area (Å²) in [6.07, 6.45) is 0. The second kappa shape index (κ2) is 12.2. The lowest BCUT2D eigenvalue weighted by Crippen LogP contribution is -2.42. The number of azo groups is 1. The number of aryl methyl sites for hydroxylation is 1. The van der Waals surface area contributed by atoms with Gasteiger partial charge in [0.15, 0.2) is 5.82 Å². The maximum Gasteiger partial charge on any atom is 0.249 e. The van der Waals surface area contributed by atoms with Crippen LogP contribution in [0, 0.1) is 6.92 Å². The lowest BCUT2D eigenvalue weighted by molar-refractivity contribution is -0.868. The van der Waals surface area contributed by atoms with Gasteiger partial charge in [-0.1, -0.05) is 30.3 Å². The van der Waals surface area contributed by atoms with Gasteiger partial charge in [-0.15, -0.1) is 10.2 Å². The van der Waals surface area contributed by atoms with E-state index < -0.39 is 5.97 Å². The molecule has 0 aliphatic carbocycles. The zero-order valence-corrected chi connectivity index (χ0v) is 21.0. The Morgan fingerprint density at radius 2 is 1.79 bits per heavy atom. The Morgan fingerprint density at radius 3 is 2.36 bits per heavy atom. The van der Waals surface area contributed by atoms with E-state index in [4.69, 9.17) is 9.90 Å². The second-order valence-electron chi connectivity index (χ2n) is 8.52. The predicted octanol–water partition coefficient (Wildman–Crippen LogP) is 4.22. The number of hydrogen-bond acceptors (Lipinski definition) is 8. The second-order valence-corrected chi connectivity index (χ2v) is 9.25. The molecule has 3 rings (SSSR count). The van der Waals surface area contributed by atoms with Crippen molar-refractivity contribution in [3.05, 3.63) is 54.1 Å². The number of rotatable bonds is 8. The van der Waals surface area contributed by atoms with Gasteiger partial charge in [-0.2, -0.15) is 9.36 Å². The molecule has 3 aromatic rings. The normalized spacial score (nSPS) is 11.2. The van der Waals surface area contributed by atoms with Crippen LogP contribution in [0.3, 0.4) is 0 Å². The number of carbonyl (C=O) groups excluding carboxylic acids is 1. The molecule has 0 radical (unpaired) electrons. The smallest absolute Gasteiger partial charge is 0.249 e. The van der Waals surface area contributed by atoms with Gasteiger partial charge >= 0.3 is 0 Å². The van der Waals surface area contributed by atoms with Crippen molar-refractivity contribution >= 4 is 34.0 Å². The van der Waals surface area contributed by atoms with Gasteiger partial charge in [0.2, 0.25) is 5.13 Å². The van der Waals surface area contributed by atoms with Crippen molar-refractivity contribution in [1.82, 2.24) is 9.36 Å². The maximum atomic E-state index is 8.89. The first kappa shape index (κ1) is 26.1. The zero-order valence-electron chi connectivity index (χ0n) is 20.1. The number of nitrogens with zero attached hydrogens (tertiary/aromatic N) is 6. The number of carbonyl (C=O) groups is 1. The molecule has 0 saturated carbocycles. The molecule has 0 amide bonds. The van der Waals surface area contributed by atoms with E-state index in [1.807, 2.05) is 36.4 Å². The first-order valence-corrected chi connectivity index (χ1v) is 11.5. The van der Waals surface area contributed by atoms with E-state index in [-0.39, 0.29) is 0 Å². The maximum absolute atomic E-state index is 8.89. The standard InChI is InChI=1S/C22H29N6S.C2H4O2/c1-6-27(14-15-28(3,4)5)19-12-13-20(17(2)16-19)24-25-22-23-21(26-29-22)18-10-8-7-9-11-18;1-2(3)4/h7-13,16H,6,14-15H2,1-5H3;1H3,(H,3,4)/q+1;/p-1. The summed E-state index contributed by atoms with van der Waals surface area (Å²) in [5, 5.41) is 18.2. The predicted molar refractivity (Wildman–Crippen MR) is 132 cm³/mol. The highest BCUT2D eigenvalue weighted by Gasteiger charge is 2.12. The topological polar surface area (TPSA) is 93.9 Å². The minimum atomic E-state index is -1.08. The molecule has 33 heavy (non-hydrogen) atoms. The molecule has 0 unspecified atom stereocenters. The lowest BCUT2D eigenvalue weighted by Gasteiger charge is -2.29. The molecule has 0 aliphatic heterocycles. The Kier molecular flexibility index (Phi) is 9.62. The average Bonchev–Trinajstić information content (AvgIpc) is 3.22. The molecule has 2 aromatic carbocycles. The number of aromatic nitrogens is 2. The summed E-state index contributed by atoms with van der Waals surface area (Å²) < 4.78 is 5.33. The van der Waals surface area contributed by atoms with Crippen molar-refractivity contribution in [1.29, 1.82) is 0 Å².